The van der Waals surface area contributed by atoms with Gasteiger partial charge in [-0.2, -0.15) is 0 Å². The second-order valence-corrected chi connectivity index (χ2v) is 8.30. The molecular formula is C21H13Cl2IN2O2. The van der Waals surface area contributed by atoms with Crippen molar-refractivity contribution >= 4 is 68.5 Å². The zero-order chi connectivity index (χ0) is 19.8. The average Bonchev–Trinajstić information content (AvgIpc) is 3.09. The third-order valence-electron chi connectivity index (χ3n) is 4.24. The van der Waals surface area contributed by atoms with Crippen LogP contribution in [0.4, 0.5) is 5.69 Å². The lowest BCUT2D eigenvalue weighted by Crippen LogP contribution is -2.11. The Balaban J connectivity index is 1.63. The summed E-state index contributed by atoms with van der Waals surface area (Å²) in [6.07, 6.45) is 0. The Morgan fingerprint density at radius 2 is 1.86 bits per heavy atom. The Labute approximate surface area is 185 Å². The third kappa shape index (κ3) is 3.87. The minimum Gasteiger partial charge on any atom is -0.436 e. The SMILES string of the molecule is Cc1ccc(C(=O)Nc2ccc3oc(-c4cc(I)ccc4Cl)nc3c2)cc1Cl. The zero-order valence-corrected chi connectivity index (χ0v) is 18.3. The van der Waals surface area contributed by atoms with Crippen molar-refractivity contribution in [1.82, 2.24) is 4.98 Å². The van der Waals surface area contributed by atoms with Crippen molar-refractivity contribution in [3.63, 3.8) is 0 Å². The van der Waals surface area contributed by atoms with Crippen molar-refractivity contribution in [2.24, 2.45) is 0 Å². The Hall–Kier alpha value is -2.09. The molecule has 1 heterocycles. The molecule has 1 amide bonds. The number of carbonyl (C=O) groups is 1. The molecule has 0 radical (unpaired) electrons. The first-order valence-corrected chi connectivity index (χ1v) is 10.2. The van der Waals surface area contributed by atoms with E-state index >= 15 is 0 Å². The molecule has 0 saturated carbocycles. The van der Waals surface area contributed by atoms with Crippen LogP contribution in [-0.2, 0) is 0 Å². The summed E-state index contributed by atoms with van der Waals surface area (Å²) in [4.78, 5) is 17.0. The van der Waals surface area contributed by atoms with Crippen LogP contribution in [-0.4, -0.2) is 10.9 Å². The van der Waals surface area contributed by atoms with Crippen LogP contribution in [0.1, 0.15) is 15.9 Å². The normalized spacial score (nSPS) is 11.0. The van der Waals surface area contributed by atoms with Crippen LogP contribution in [0, 0.1) is 10.5 Å². The number of hydrogen-bond donors (Lipinski definition) is 1. The molecule has 7 heteroatoms. The van der Waals surface area contributed by atoms with Gasteiger partial charge in [0.15, 0.2) is 5.58 Å². The highest BCUT2D eigenvalue weighted by Crippen LogP contribution is 2.32. The number of oxazole rings is 1. The lowest BCUT2D eigenvalue weighted by atomic mass is 10.1. The fourth-order valence-electron chi connectivity index (χ4n) is 2.72. The van der Waals surface area contributed by atoms with Crippen LogP contribution in [0.15, 0.2) is 59.0 Å². The number of nitrogens with zero attached hydrogens (tertiary/aromatic N) is 1. The van der Waals surface area contributed by atoms with Crippen molar-refractivity contribution in [2.75, 3.05) is 5.32 Å². The number of rotatable bonds is 3. The van der Waals surface area contributed by atoms with Crippen molar-refractivity contribution < 1.29 is 9.21 Å². The summed E-state index contributed by atoms with van der Waals surface area (Å²) in [5.74, 6) is 0.193. The van der Waals surface area contributed by atoms with Gasteiger partial charge >= 0.3 is 0 Å². The number of anilines is 1. The molecule has 0 saturated heterocycles. The molecule has 0 aliphatic rings. The fourth-order valence-corrected chi connectivity index (χ4v) is 3.59. The molecule has 3 aromatic carbocycles. The smallest absolute Gasteiger partial charge is 0.255 e. The number of fused-ring (bicyclic) bond motifs is 1. The zero-order valence-electron chi connectivity index (χ0n) is 14.6. The summed E-state index contributed by atoms with van der Waals surface area (Å²) in [7, 11) is 0. The predicted molar refractivity (Wildman–Crippen MR) is 121 cm³/mol. The molecule has 4 aromatic rings. The molecule has 28 heavy (non-hydrogen) atoms. The summed E-state index contributed by atoms with van der Waals surface area (Å²) in [6, 6.07) is 16.1. The van der Waals surface area contributed by atoms with E-state index in [1.54, 1.807) is 30.3 Å². The molecule has 0 unspecified atom stereocenters. The van der Waals surface area contributed by atoms with Gasteiger partial charge in [0.25, 0.3) is 5.91 Å². The van der Waals surface area contributed by atoms with E-state index < -0.39 is 0 Å². The molecule has 0 spiro atoms. The van der Waals surface area contributed by atoms with E-state index in [0.717, 1.165) is 14.7 Å². The monoisotopic (exact) mass is 522 g/mol. The first-order valence-electron chi connectivity index (χ1n) is 8.34. The highest BCUT2D eigenvalue weighted by Gasteiger charge is 2.14. The van der Waals surface area contributed by atoms with Crippen molar-refractivity contribution in [3.05, 3.63) is 79.3 Å². The minimum absolute atomic E-state index is 0.245. The molecule has 140 valence electrons. The van der Waals surface area contributed by atoms with Crippen molar-refractivity contribution in [2.45, 2.75) is 6.92 Å². The van der Waals surface area contributed by atoms with Crippen LogP contribution in [0.5, 0.6) is 0 Å². The number of halogens is 3. The van der Waals surface area contributed by atoms with Crippen LogP contribution in [0.25, 0.3) is 22.6 Å². The molecule has 1 N–H and O–H groups in total. The Morgan fingerprint density at radius 3 is 2.64 bits per heavy atom. The van der Waals surface area contributed by atoms with Crippen molar-refractivity contribution in [1.29, 1.82) is 0 Å². The van der Waals surface area contributed by atoms with Crippen LogP contribution < -0.4 is 5.32 Å². The first-order chi connectivity index (χ1) is 13.4. The highest BCUT2D eigenvalue weighted by molar-refractivity contribution is 14.1. The number of carbonyl (C=O) groups excluding carboxylic acids is 1. The van der Waals surface area contributed by atoms with Crippen LogP contribution >= 0.6 is 45.8 Å². The van der Waals surface area contributed by atoms with E-state index in [1.165, 1.54) is 0 Å². The maximum Gasteiger partial charge on any atom is 0.255 e. The van der Waals surface area contributed by atoms with E-state index in [0.29, 0.717) is 38.3 Å². The van der Waals surface area contributed by atoms with E-state index in [2.05, 4.69) is 32.9 Å². The Bertz CT molecular complexity index is 1220. The minimum atomic E-state index is -0.245. The van der Waals surface area contributed by atoms with Gasteiger partial charge in [-0.15, -0.1) is 0 Å². The van der Waals surface area contributed by atoms with Gasteiger partial charge < -0.3 is 9.73 Å². The standard InChI is InChI=1S/C21H13Cl2IN2O2/c1-11-2-3-12(8-17(11)23)20(27)25-14-5-7-19-18(10-14)26-21(28-19)15-9-13(24)4-6-16(15)22/h2-10H,1H3,(H,25,27). The van der Waals surface area contributed by atoms with Gasteiger partial charge in [-0.25, -0.2) is 4.98 Å². The molecule has 4 nitrogen and oxygen atoms in total. The van der Waals surface area contributed by atoms with E-state index in [4.69, 9.17) is 27.6 Å². The Kier molecular flexibility index (Phi) is 5.31. The second kappa shape index (κ2) is 7.73. The summed E-state index contributed by atoms with van der Waals surface area (Å²) in [5, 5.41) is 3.98. The van der Waals surface area contributed by atoms with E-state index in [9.17, 15) is 4.79 Å². The number of nitrogens with one attached hydrogen (secondary N) is 1. The molecule has 0 fully saturated rings. The van der Waals surface area contributed by atoms with E-state index in [1.807, 2.05) is 31.2 Å². The molecule has 0 atom stereocenters. The van der Waals surface area contributed by atoms with E-state index in [-0.39, 0.29) is 5.91 Å². The maximum atomic E-state index is 12.5. The van der Waals surface area contributed by atoms with Crippen LogP contribution in [0.2, 0.25) is 10.0 Å². The molecular weight excluding hydrogens is 510 g/mol. The lowest BCUT2D eigenvalue weighted by Gasteiger charge is -2.06. The van der Waals surface area contributed by atoms with Gasteiger partial charge in [0.2, 0.25) is 5.89 Å². The Morgan fingerprint density at radius 1 is 1.04 bits per heavy atom. The molecule has 0 aliphatic heterocycles. The average molecular weight is 523 g/mol. The van der Waals surface area contributed by atoms with Gasteiger partial charge in [0.1, 0.15) is 5.52 Å². The van der Waals surface area contributed by atoms with Crippen LogP contribution in [0.3, 0.4) is 0 Å². The topological polar surface area (TPSA) is 55.1 Å². The highest BCUT2D eigenvalue weighted by atomic mass is 127. The number of aryl methyl sites for hydroxylation is 1. The second-order valence-electron chi connectivity index (χ2n) is 6.24. The van der Waals surface area contributed by atoms with Gasteiger partial charge in [-0.05, 0) is 83.6 Å². The third-order valence-corrected chi connectivity index (χ3v) is 5.65. The van der Waals surface area contributed by atoms with Crippen molar-refractivity contribution in [3.8, 4) is 11.5 Å². The first kappa shape index (κ1) is 19.2. The predicted octanol–water partition coefficient (Wildman–Crippen LogP) is 6.97. The largest absolute Gasteiger partial charge is 0.436 e. The van der Waals surface area contributed by atoms with Gasteiger partial charge in [-0.1, -0.05) is 29.3 Å². The molecule has 4 rings (SSSR count). The molecule has 1 aromatic heterocycles. The van der Waals surface area contributed by atoms with Gasteiger partial charge in [-0.3, -0.25) is 4.79 Å². The number of hydrogen-bond acceptors (Lipinski definition) is 3. The maximum absolute atomic E-state index is 12.5. The summed E-state index contributed by atoms with van der Waals surface area (Å²) in [6.45, 7) is 1.89. The number of benzene rings is 3. The summed E-state index contributed by atoms with van der Waals surface area (Å²) >= 11 is 14.6. The molecule has 0 bridgehead atoms. The number of aromatic nitrogens is 1. The summed E-state index contributed by atoms with van der Waals surface area (Å²) < 4.78 is 6.87. The fraction of sp³-hybridized carbons (Fsp3) is 0.0476. The van der Waals surface area contributed by atoms with Gasteiger partial charge in [0, 0.05) is 19.8 Å². The quantitative estimate of drug-likeness (QED) is 0.296. The molecule has 0 aliphatic carbocycles. The lowest BCUT2D eigenvalue weighted by molar-refractivity contribution is 0.102. The van der Waals surface area contributed by atoms with Gasteiger partial charge in [0.05, 0.1) is 10.6 Å². The summed E-state index contributed by atoms with van der Waals surface area (Å²) in [5.41, 5.74) is 3.99. The number of amides is 1.